The van der Waals surface area contributed by atoms with Crippen LogP contribution in [0.3, 0.4) is 0 Å². The summed E-state index contributed by atoms with van der Waals surface area (Å²) in [6, 6.07) is 12.1. The van der Waals surface area contributed by atoms with Gasteiger partial charge in [0.15, 0.2) is 5.58 Å². The van der Waals surface area contributed by atoms with Crippen LogP contribution in [0.15, 0.2) is 56.6 Å². The molecule has 0 saturated heterocycles. The predicted molar refractivity (Wildman–Crippen MR) is 89.3 cm³/mol. The molecule has 2 aromatic carbocycles. The highest BCUT2D eigenvalue weighted by atomic mass is 32.2. The predicted octanol–water partition coefficient (Wildman–Crippen LogP) is 2.43. The van der Waals surface area contributed by atoms with Crippen LogP contribution in [0, 0.1) is 0 Å². The molecular weight excluding hydrogens is 328 g/mol. The summed E-state index contributed by atoms with van der Waals surface area (Å²) in [7, 11) is -3.68. The highest BCUT2D eigenvalue weighted by molar-refractivity contribution is 7.89. The Morgan fingerprint density at radius 2 is 2.00 bits per heavy atom. The van der Waals surface area contributed by atoms with Gasteiger partial charge in [0.1, 0.15) is 0 Å². The van der Waals surface area contributed by atoms with E-state index in [-0.39, 0.29) is 16.5 Å². The molecule has 0 saturated carbocycles. The topological polar surface area (TPSA) is 83.4 Å². The maximum absolute atomic E-state index is 13.1. The smallest absolute Gasteiger partial charge is 0.408 e. The van der Waals surface area contributed by atoms with Crippen molar-refractivity contribution in [3.63, 3.8) is 0 Å². The first-order valence-corrected chi connectivity index (χ1v) is 9.13. The van der Waals surface area contributed by atoms with Crippen LogP contribution in [-0.4, -0.2) is 24.3 Å². The number of H-pyrrole nitrogens is 1. The van der Waals surface area contributed by atoms with E-state index in [1.807, 2.05) is 31.2 Å². The fourth-order valence-electron chi connectivity index (χ4n) is 3.30. The molecule has 0 bridgehead atoms. The number of nitrogens with one attached hydrogen (secondary N) is 1. The summed E-state index contributed by atoms with van der Waals surface area (Å²) >= 11 is 0. The Labute approximate surface area is 138 Å². The van der Waals surface area contributed by atoms with Crippen molar-refractivity contribution >= 4 is 21.1 Å². The standard InChI is InChI=1S/C17H16N2O4S/c1-11-14-5-3-2-4-12(14)8-9-19(11)24(21,22)13-6-7-15-16(10-13)23-17(20)18-15/h2-7,10-11H,8-9H2,1H3,(H,18,20). The number of nitrogens with zero attached hydrogens (tertiary/aromatic N) is 1. The van der Waals surface area contributed by atoms with Gasteiger partial charge in [-0.3, -0.25) is 4.98 Å². The number of oxazole rings is 1. The van der Waals surface area contributed by atoms with Crippen molar-refractivity contribution in [2.45, 2.75) is 24.3 Å². The number of benzene rings is 2. The summed E-state index contributed by atoms with van der Waals surface area (Å²) in [5, 5.41) is 0. The third-order valence-electron chi connectivity index (χ3n) is 4.54. The summed E-state index contributed by atoms with van der Waals surface area (Å²) in [5.74, 6) is -0.597. The van der Waals surface area contributed by atoms with Gasteiger partial charge in [-0.25, -0.2) is 13.2 Å². The van der Waals surface area contributed by atoms with Crippen molar-refractivity contribution in [3.05, 3.63) is 64.1 Å². The molecule has 6 nitrogen and oxygen atoms in total. The van der Waals surface area contributed by atoms with E-state index < -0.39 is 15.8 Å². The van der Waals surface area contributed by atoms with Crippen LogP contribution in [-0.2, 0) is 16.4 Å². The number of hydrogen-bond acceptors (Lipinski definition) is 4. The van der Waals surface area contributed by atoms with Crippen molar-refractivity contribution in [1.82, 2.24) is 9.29 Å². The number of hydrogen-bond donors (Lipinski definition) is 1. The Morgan fingerprint density at radius 1 is 1.21 bits per heavy atom. The molecule has 4 rings (SSSR count). The molecule has 0 aliphatic carbocycles. The Bertz CT molecular complexity index is 1080. The van der Waals surface area contributed by atoms with E-state index in [2.05, 4.69) is 4.98 Å². The van der Waals surface area contributed by atoms with Gasteiger partial charge in [-0.05, 0) is 36.6 Å². The average Bonchev–Trinajstić information content (AvgIpc) is 2.94. The van der Waals surface area contributed by atoms with Crippen LogP contribution in [0.25, 0.3) is 11.1 Å². The third-order valence-corrected chi connectivity index (χ3v) is 6.50. The third kappa shape index (κ3) is 2.28. The second-order valence-electron chi connectivity index (χ2n) is 5.91. The minimum Gasteiger partial charge on any atom is -0.408 e. The zero-order chi connectivity index (χ0) is 16.9. The van der Waals surface area contributed by atoms with Crippen molar-refractivity contribution in [2.75, 3.05) is 6.54 Å². The molecular formula is C17H16N2O4S. The Hall–Kier alpha value is -2.38. The molecule has 2 heterocycles. The number of aromatic nitrogens is 1. The van der Waals surface area contributed by atoms with Gasteiger partial charge in [0.25, 0.3) is 0 Å². The molecule has 0 amide bonds. The normalized spacial score (nSPS) is 18.6. The molecule has 1 aliphatic rings. The SMILES string of the molecule is CC1c2ccccc2CCN1S(=O)(=O)c1ccc2[nH]c(=O)oc2c1. The minimum atomic E-state index is -3.68. The minimum absolute atomic E-state index is 0.129. The lowest BCUT2D eigenvalue weighted by atomic mass is 9.96. The van der Waals surface area contributed by atoms with E-state index in [9.17, 15) is 13.2 Å². The second kappa shape index (κ2) is 5.32. The maximum Gasteiger partial charge on any atom is 0.417 e. The van der Waals surface area contributed by atoms with Gasteiger partial charge in [0, 0.05) is 18.7 Å². The quantitative estimate of drug-likeness (QED) is 0.774. The van der Waals surface area contributed by atoms with Crippen molar-refractivity contribution in [2.24, 2.45) is 0 Å². The highest BCUT2D eigenvalue weighted by Gasteiger charge is 2.33. The molecule has 7 heteroatoms. The first kappa shape index (κ1) is 15.2. The van der Waals surface area contributed by atoms with Crippen LogP contribution in [0.1, 0.15) is 24.1 Å². The molecule has 3 aromatic rings. The van der Waals surface area contributed by atoms with Crippen LogP contribution >= 0.6 is 0 Å². The first-order chi connectivity index (χ1) is 11.5. The van der Waals surface area contributed by atoms with Gasteiger partial charge < -0.3 is 4.42 Å². The van der Waals surface area contributed by atoms with E-state index in [1.54, 1.807) is 6.07 Å². The second-order valence-corrected chi connectivity index (χ2v) is 7.80. The first-order valence-electron chi connectivity index (χ1n) is 7.69. The fraction of sp³-hybridized carbons (Fsp3) is 0.235. The lowest BCUT2D eigenvalue weighted by Crippen LogP contribution is -2.38. The average molecular weight is 344 g/mol. The molecule has 0 radical (unpaired) electrons. The number of fused-ring (bicyclic) bond motifs is 2. The lowest BCUT2D eigenvalue weighted by Gasteiger charge is -2.34. The zero-order valence-corrected chi connectivity index (χ0v) is 13.8. The molecule has 1 aliphatic heterocycles. The molecule has 1 unspecified atom stereocenters. The molecule has 124 valence electrons. The zero-order valence-electron chi connectivity index (χ0n) is 13.0. The van der Waals surface area contributed by atoms with Crippen LogP contribution in [0.5, 0.6) is 0 Å². The molecule has 1 atom stereocenters. The van der Waals surface area contributed by atoms with E-state index >= 15 is 0 Å². The van der Waals surface area contributed by atoms with Gasteiger partial charge in [-0.15, -0.1) is 0 Å². The van der Waals surface area contributed by atoms with E-state index in [4.69, 9.17) is 4.42 Å². The van der Waals surface area contributed by atoms with Crippen molar-refractivity contribution in [3.8, 4) is 0 Å². The lowest BCUT2D eigenvalue weighted by molar-refractivity contribution is 0.326. The monoisotopic (exact) mass is 344 g/mol. The van der Waals surface area contributed by atoms with Gasteiger partial charge in [-0.1, -0.05) is 24.3 Å². The Morgan fingerprint density at radius 3 is 2.83 bits per heavy atom. The van der Waals surface area contributed by atoms with Gasteiger partial charge in [-0.2, -0.15) is 4.31 Å². The molecule has 1 N–H and O–H groups in total. The van der Waals surface area contributed by atoms with Crippen molar-refractivity contribution < 1.29 is 12.8 Å². The van der Waals surface area contributed by atoms with Gasteiger partial charge in [0.2, 0.25) is 10.0 Å². The summed E-state index contributed by atoms with van der Waals surface area (Å²) < 4.78 is 32.6. The highest BCUT2D eigenvalue weighted by Crippen LogP contribution is 2.34. The Balaban J connectivity index is 1.78. The largest absolute Gasteiger partial charge is 0.417 e. The van der Waals surface area contributed by atoms with Gasteiger partial charge >= 0.3 is 5.76 Å². The molecule has 24 heavy (non-hydrogen) atoms. The van der Waals surface area contributed by atoms with E-state index in [0.717, 1.165) is 5.56 Å². The van der Waals surface area contributed by atoms with Crippen LogP contribution in [0.4, 0.5) is 0 Å². The summed E-state index contributed by atoms with van der Waals surface area (Å²) in [5.41, 5.74) is 2.94. The molecule has 1 aromatic heterocycles. The van der Waals surface area contributed by atoms with Gasteiger partial charge in [0.05, 0.1) is 10.4 Å². The summed E-state index contributed by atoms with van der Waals surface area (Å²) in [4.78, 5) is 13.9. The van der Waals surface area contributed by atoms with E-state index in [0.29, 0.717) is 18.5 Å². The maximum atomic E-state index is 13.1. The number of rotatable bonds is 2. The Kier molecular flexibility index (Phi) is 3.36. The van der Waals surface area contributed by atoms with Crippen LogP contribution < -0.4 is 5.76 Å². The molecule has 0 fully saturated rings. The summed E-state index contributed by atoms with van der Waals surface area (Å²) in [6.45, 7) is 2.32. The van der Waals surface area contributed by atoms with E-state index in [1.165, 1.54) is 22.0 Å². The van der Waals surface area contributed by atoms with Crippen molar-refractivity contribution in [1.29, 1.82) is 0 Å². The number of sulfonamides is 1. The number of aromatic amines is 1. The fourth-order valence-corrected chi connectivity index (χ4v) is 4.93. The van der Waals surface area contributed by atoms with Crippen LogP contribution in [0.2, 0.25) is 0 Å². The summed E-state index contributed by atoms with van der Waals surface area (Å²) in [6.07, 6.45) is 0.682. The molecule has 0 spiro atoms.